The fourth-order valence-electron chi connectivity index (χ4n) is 2.19. The van der Waals surface area contributed by atoms with Gasteiger partial charge >= 0.3 is 0 Å². The topological polar surface area (TPSA) is 91.4 Å². The first kappa shape index (κ1) is 16.9. The van der Waals surface area contributed by atoms with Gasteiger partial charge in [0.05, 0.1) is 31.6 Å². The van der Waals surface area contributed by atoms with Crippen LogP contribution >= 0.6 is 0 Å². The van der Waals surface area contributed by atoms with Crippen LogP contribution < -0.4 is 0 Å². The van der Waals surface area contributed by atoms with Crippen LogP contribution in [0.4, 0.5) is 0 Å². The lowest BCUT2D eigenvalue weighted by atomic mass is 10.1. The molecule has 1 amide bonds. The summed E-state index contributed by atoms with van der Waals surface area (Å²) in [6.45, 7) is 6.08. The zero-order chi connectivity index (χ0) is 16.7. The van der Waals surface area contributed by atoms with Gasteiger partial charge < -0.3 is 14.7 Å². The molecule has 1 saturated heterocycles. The van der Waals surface area contributed by atoms with Gasteiger partial charge in [-0.3, -0.25) is 9.48 Å². The molecule has 122 valence electrons. The highest BCUT2D eigenvalue weighted by Gasteiger charge is 2.17. The number of aliphatic hydroxyl groups is 1. The van der Waals surface area contributed by atoms with E-state index in [-0.39, 0.29) is 18.9 Å². The van der Waals surface area contributed by atoms with E-state index in [1.807, 2.05) is 6.07 Å². The number of amides is 1. The summed E-state index contributed by atoms with van der Waals surface area (Å²) in [5.41, 5.74) is 1.11. The lowest BCUT2D eigenvalue weighted by Crippen LogP contribution is -2.42. The maximum atomic E-state index is 12.1. The van der Waals surface area contributed by atoms with Crippen LogP contribution in [0.25, 0.3) is 6.08 Å². The Balaban J connectivity index is 1.86. The van der Waals surface area contributed by atoms with Gasteiger partial charge in [0.15, 0.2) is 0 Å². The van der Waals surface area contributed by atoms with E-state index in [1.165, 1.54) is 0 Å². The minimum absolute atomic E-state index is 0.0114. The second kappa shape index (κ2) is 8.27. The molecule has 23 heavy (non-hydrogen) atoms. The molecule has 1 atom stereocenters. The van der Waals surface area contributed by atoms with Crippen molar-refractivity contribution in [2.24, 2.45) is 0 Å². The van der Waals surface area contributed by atoms with Crippen molar-refractivity contribution < 1.29 is 14.6 Å². The fourth-order valence-corrected chi connectivity index (χ4v) is 2.19. The first-order chi connectivity index (χ1) is 11.1. The highest BCUT2D eigenvalue weighted by atomic mass is 16.5. The number of carbonyl (C=O) groups excluding carboxylic acids is 1. The number of nitriles is 1. The third-order valence-corrected chi connectivity index (χ3v) is 3.44. The Hall–Kier alpha value is -2.43. The molecule has 0 aromatic carbocycles. The molecule has 1 aliphatic rings. The second-order valence-electron chi connectivity index (χ2n) is 5.31. The van der Waals surface area contributed by atoms with Gasteiger partial charge in [0.25, 0.3) is 0 Å². The van der Waals surface area contributed by atoms with Crippen LogP contribution in [0.5, 0.6) is 0 Å². The normalized spacial score (nSPS) is 16.3. The number of ether oxygens (including phenoxy) is 1. The van der Waals surface area contributed by atoms with E-state index in [9.17, 15) is 9.90 Å². The van der Waals surface area contributed by atoms with Gasteiger partial charge in [-0.2, -0.15) is 10.4 Å². The summed E-state index contributed by atoms with van der Waals surface area (Å²) in [6.07, 6.45) is 6.08. The monoisotopic (exact) mass is 316 g/mol. The number of rotatable bonds is 6. The van der Waals surface area contributed by atoms with E-state index >= 15 is 0 Å². The highest BCUT2D eigenvalue weighted by Crippen LogP contribution is 2.07. The smallest absolute Gasteiger partial charge is 0.244 e. The van der Waals surface area contributed by atoms with Crippen LogP contribution in [0.15, 0.2) is 30.6 Å². The Morgan fingerprint density at radius 1 is 1.57 bits per heavy atom. The fraction of sp³-hybridized carbons (Fsp3) is 0.438. The van der Waals surface area contributed by atoms with Crippen molar-refractivity contribution in [2.75, 3.05) is 26.3 Å². The Morgan fingerprint density at radius 3 is 3.00 bits per heavy atom. The lowest BCUT2D eigenvalue weighted by Gasteiger charge is -2.26. The predicted octanol–water partition coefficient (Wildman–Crippen LogP) is 0.586. The molecule has 2 heterocycles. The summed E-state index contributed by atoms with van der Waals surface area (Å²) in [6, 6.07) is 1.90. The van der Waals surface area contributed by atoms with Gasteiger partial charge in [0.1, 0.15) is 6.54 Å². The third-order valence-electron chi connectivity index (χ3n) is 3.44. The van der Waals surface area contributed by atoms with Crippen LogP contribution in [0.3, 0.4) is 0 Å². The Labute approximate surface area is 135 Å². The summed E-state index contributed by atoms with van der Waals surface area (Å²) in [4.78, 5) is 13.9. The Kier molecular flexibility index (Phi) is 6.09. The molecule has 0 saturated carbocycles. The molecule has 1 aliphatic heterocycles. The van der Waals surface area contributed by atoms with E-state index in [2.05, 4.69) is 11.7 Å². The van der Waals surface area contributed by atoms with Crippen molar-refractivity contribution in [2.45, 2.75) is 19.1 Å². The molecule has 0 bridgehead atoms. The lowest BCUT2D eigenvalue weighted by molar-refractivity contribution is -0.136. The maximum absolute atomic E-state index is 12.1. The SMILES string of the molecule is C=C(C#N)CC(O)/C=C\c1cnn(CC(=O)N2CCOCC2)c1. The van der Waals surface area contributed by atoms with Crippen molar-refractivity contribution in [1.82, 2.24) is 14.7 Å². The molecule has 7 nitrogen and oxygen atoms in total. The molecule has 1 N–H and O–H groups in total. The first-order valence-corrected chi connectivity index (χ1v) is 7.40. The van der Waals surface area contributed by atoms with Crippen molar-refractivity contribution in [3.05, 3.63) is 36.2 Å². The molecule has 7 heteroatoms. The van der Waals surface area contributed by atoms with Gasteiger partial charge in [-0.25, -0.2) is 0 Å². The standard InChI is InChI=1S/C16H20N4O3/c1-13(9-17)8-15(21)3-2-14-10-18-20(11-14)12-16(22)19-4-6-23-7-5-19/h2-3,10-11,15,21H,1,4-8,12H2/b3-2-. The van der Waals surface area contributed by atoms with E-state index < -0.39 is 6.10 Å². The van der Waals surface area contributed by atoms with E-state index in [1.54, 1.807) is 34.1 Å². The van der Waals surface area contributed by atoms with E-state index in [4.69, 9.17) is 10.00 Å². The minimum atomic E-state index is -0.763. The summed E-state index contributed by atoms with van der Waals surface area (Å²) in [7, 11) is 0. The van der Waals surface area contributed by atoms with Gasteiger partial charge in [0, 0.05) is 36.8 Å². The molecule has 0 radical (unpaired) electrons. The molecule has 1 aromatic heterocycles. The number of carbonyl (C=O) groups is 1. The third kappa shape index (κ3) is 5.36. The highest BCUT2D eigenvalue weighted by molar-refractivity contribution is 5.76. The van der Waals surface area contributed by atoms with Gasteiger partial charge in [-0.15, -0.1) is 0 Å². The number of aromatic nitrogens is 2. The quantitative estimate of drug-likeness (QED) is 0.775. The number of nitrogens with zero attached hydrogens (tertiary/aromatic N) is 4. The molecular weight excluding hydrogens is 296 g/mol. The number of hydrogen-bond donors (Lipinski definition) is 1. The molecule has 1 aromatic rings. The number of hydrogen-bond acceptors (Lipinski definition) is 5. The molecule has 0 spiro atoms. The van der Waals surface area contributed by atoms with Crippen molar-refractivity contribution in [3.8, 4) is 6.07 Å². The molecule has 1 unspecified atom stereocenters. The van der Waals surface area contributed by atoms with Crippen LogP contribution in [-0.4, -0.2) is 58.1 Å². The van der Waals surface area contributed by atoms with Gasteiger partial charge in [-0.05, 0) is 0 Å². The average Bonchev–Trinajstić information content (AvgIpc) is 3.01. The minimum Gasteiger partial charge on any atom is -0.389 e. The van der Waals surface area contributed by atoms with Gasteiger partial charge in [-0.1, -0.05) is 18.7 Å². The molecular formula is C16H20N4O3. The molecule has 0 aliphatic carbocycles. The summed E-state index contributed by atoms with van der Waals surface area (Å²) in [5.74, 6) is 0.0114. The van der Waals surface area contributed by atoms with Crippen LogP contribution in [0, 0.1) is 11.3 Å². The number of morpholine rings is 1. The van der Waals surface area contributed by atoms with Crippen molar-refractivity contribution >= 4 is 12.0 Å². The Bertz CT molecular complexity index is 624. The first-order valence-electron chi connectivity index (χ1n) is 7.40. The largest absolute Gasteiger partial charge is 0.389 e. The van der Waals surface area contributed by atoms with Crippen LogP contribution in [-0.2, 0) is 16.1 Å². The summed E-state index contributed by atoms with van der Waals surface area (Å²) < 4.78 is 6.79. The van der Waals surface area contributed by atoms with E-state index in [0.717, 1.165) is 5.56 Å². The van der Waals surface area contributed by atoms with Gasteiger partial charge in [0.2, 0.25) is 5.91 Å². The number of aliphatic hydroxyl groups excluding tert-OH is 1. The summed E-state index contributed by atoms with van der Waals surface area (Å²) >= 11 is 0. The van der Waals surface area contributed by atoms with Crippen molar-refractivity contribution in [3.63, 3.8) is 0 Å². The summed E-state index contributed by atoms with van der Waals surface area (Å²) in [5, 5.41) is 22.5. The second-order valence-corrected chi connectivity index (χ2v) is 5.31. The zero-order valence-electron chi connectivity index (χ0n) is 12.9. The van der Waals surface area contributed by atoms with Crippen LogP contribution in [0.1, 0.15) is 12.0 Å². The van der Waals surface area contributed by atoms with Crippen LogP contribution in [0.2, 0.25) is 0 Å². The maximum Gasteiger partial charge on any atom is 0.244 e. The van der Waals surface area contributed by atoms with E-state index in [0.29, 0.717) is 31.9 Å². The van der Waals surface area contributed by atoms with Crippen molar-refractivity contribution in [1.29, 1.82) is 5.26 Å². The zero-order valence-corrected chi connectivity index (χ0v) is 12.9. The average molecular weight is 316 g/mol. The Morgan fingerprint density at radius 2 is 2.30 bits per heavy atom. The molecule has 1 fully saturated rings. The molecule has 2 rings (SSSR count). The predicted molar refractivity (Wildman–Crippen MR) is 84.0 cm³/mol.